The number of ether oxygens (including phenoxy) is 1. The van der Waals surface area contributed by atoms with Gasteiger partial charge in [0.2, 0.25) is 0 Å². The molecule has 0 spiro atoms. The molecule has 1 rings (SSSR count). The molecule has 1 heterocycles. The number of rotatable bonds is 1. The Labute approximate surface area is 94.4 Å². The van der Waals surface area contributed by atoms with Gasteiger partial charge in [-0.15, -0.1) is 0 Å². The summed E-state index contributed by atoms with van der Waals surface area (Å²) in [6.45, 7) is 5.24. The van der Waals surface area contributed by atoms with Gasteiger partial charge in [0.25, 0.3) is 0 Å². The topological polar surface area (TPSA) is 90.2 Å². The molecule has 0 bridgehead atoms. The molecule has 1 aliphatic heterocycles. The molecule has 0 aliphatic carbocycles. The second-order valence-electron chi connectivity index (χ2n) is 5.00. The highest BCUT2D eigenvalue weighted by Gasteiger charge is 2.39. The Balaban J connectivity index is 2.67. The molecule has 0 unspecified atom stereocenters. The van der Waals surface area contributed by atoms with Crippen LogP contribution < -0.4 is 0 Å². The Morgan fingerprint density at radius 3 is 2.44 bits per heavy atom. The van der Waals surface area contributed by atoms with E-state index in [1.165, 1.54) is 0 Å². The maximum Gasteiger partial charge on any atom is 0.410 e. The van der Waals surface area contributed by atoms with Gasteiger partial charge in [0.05, 0.1) is 18.7 Å². The van der Waals surface area contributed by atoms with Crippen molar-refractivity contribution in [1.29, 1.82) is 0 Å². The predicted octanol–water partition coefficient (Wildman–Crippen LogP) is -0.333. The normalized spacial score (nSPS) is 26.3. The zero-order valence-corrected chi connectivity index (χ0v) is 9.75. The zero-order chi connectivity index (χ0) is 12.5. The molecule has 0 aromatic rings. The fourth-order valence-electron chi connectivity index (χ4n) is 1.66. The fourth-order valence-corrected chi connectivity index (χ4v) is 1.66. The summed E-state index contributed by atoms with van der Waals surface area (Å²) in [5.41, 5.74) is -0.643. The highest BCUT2D eigenvalue weighted by atomic mass is 16.6. The summed E-state index contributed by atoms with van der Waals surface area (Å²) in [5.74, 6) is 0. The van der Waals surface area contributed by atoms with E-state index in [9.17, 15) is 9.90 Å². The highest BCUT2D eigenvalue weighted by molar-refractivity contribution is 5.69. The third-order valence-corrected chi connectivity index (χ3v) is 2.29. The first kappa shape index (κ1) is 13.2. The molecular formula is C10H19NO5. The average Bonchev–Trinajstić information content (AvgIpc) is 2.44. The quantitative estimate of drug-likeness (QED) is 0.539. The van der Waals surface area contributed by atoms with Crippen molar-refractivity contribution in [2.45, 2.75) is 51.2 Å². The number of aliphatic hydroxyl groups excluding tert-OH is 2. The van der Waals surface area contributed by atoms with Crippen LogP contribution in [-0.2, 0) is 4.74 Å². The number of hydrogen-bond donors (Lipinski definition) is 3. The third-order valence-electron chi connectivity index (χ3n) is 2.29. The van der Waals surface area contributed by atoms with Crippen LogP contribution in [0.2, 0.25) is 0 Å². The lowest BCUT2D eigenvalue weighted by Gasteiger charge is -2.28. The van der Waals surface area contributed by atoms with Gasteiger partial charge in [-0.25, -0.2) is 4.79 Å². The van der Waals surface area contributed by atoms with Crippen molar-refractivity contribution in [3.63, 3.8) is 0 Å². The van der Waals surface area contributed by atoms with Crippen molar-refractivity contribution in [3.05, 3.63) is 0 Å². The Morgan fingerprint density at radius 1 is 1.44 bits per heavy atom. The molecule has 1 fully saturated rings. The smallest absolute Gasteiger partial charge is 0.410 e. The Kier molecular flexibility index (Phi) is 3.77. The lowest BCUT2D eigenvalue weighted by atomic mass is 10.2. The van der Waals surface area contributed by atoms with Gasteiger partial charge >= 0.3 is 6.09 Å². The Hall–Kier alpha value is -0.850. The van der Waals surface area contributed by atoms with E-state index >= 15 is 0 Å². The van der Waals surface area contributed by atoms with Gasteiger partial charge in [0.15, 0.2) is 6.29 Å². The number of aliphatic hydroxyl groups is 3. The van der Waals surface area contributed by atoms with Gasteiger partial charge in [-0.05, 0) is 20.8 Å². The summed E-state index contributed by atoms with van der Waals surface area (Å²) in [6, 6.07) is -0.801. The van der Waals surface area contributed by atoms with Crippen LogP contribution >= 0.6 is 0 Å². The molecule has 1 aliphatic rings. The van der Waals surface area contributed by atoms with Crippen LogP contribution in [-0.4, -0.2) is 56.9 Å². The van der Waals surface area contributed by atoms with E-state index in [-0.39, 0.29) is 13.0 Å². The van der Waals surface area contributed by atoms with E-state index in [4.69, 9.17) is 14.9 Å². The molecule has 0 aromatic carbocycles. The first-order chi connectivity index (χ1) is 7.20. The number of nitrogens with zero attached hydrogens (tertiary/aromatic N) is 1. The second kappa shape index (κ2) is 4.57. The third kappa shape index (κ3) is 3.33. The molecule has 0 radical (unpaired) electrons. The zero-order valence-electron chi connectivity index (χ0n) is 9.75. The van der Waals surface area contributed by atoms with Crippen molar-refractivity contribution >= 4 is 6.09 Å². The molecule has 16 heavy (non-hydrogen) atoms. The van der Waals surface area contributed by atoms with E-state index in [2.05, 4.69) is 0 Å². The van der Waals surface area contributed by atoms with Crippen molar-refractivity contribution in [2.75, 3.05) is 6.54 Å². The van der Waals surface area contributed by atoms with Crippen LogP contribution in [0.1, 0.15) is 27.2 Å². The summed E-state index contributed by atoms with van der Waals surface area (Å²) >= 11 is 0. The van der Waals surface area contributed by atoms with Crippen molar-refractivity contribution in [3.8, 4) is 0 Å². The molecule has 2 atom stereocenters. The van der Waals surface area contributed by atoms with Gasteiger partial charge in [0.1, 0.15) is 5.60 Å². The number of carbonyl (C=O) groups excluding carboxylic acids is 1. The monoisotopic (exact) mass is 233 g/mol. The largest absolute Gasteiger partial charge is 0.444 e. The van der Waals surface area contributed by atoms with Gasteiger partial charge < -0.3 is 20.1 Å². The summed E-state index contributed by atoms with van der Waals surface area (Å²) in [7, 11) is 0. The van der Waals surface area contributed by atoms with Crippen molar-refractivity contribution in [2.24, 2.45) is 0 Å². The first-order valence-corrected chi connectivity index (χ1v) is 5.24. The van der Waals surface area contributed by atoms with Crippen LogP contribution in [0.3, 0.4) is 0 Å². The number of β-amino-alcohol motifs (C(OH)–C–C–N with tert-alkyl or cyclic N) is 1. The van der Waals surface area contributed by atoms with Gasteiger partial charge in [0, 0.05) is 6.42 Å². The van der Waals surface area contributed by atoms with Crippen molar-refractivity contribution in [1.82, 2.24) is 4.90 Å². The summed E-state index contributed by atoms with van der Waals surface area (Å²) in [6.07, 6.45) is -2.89. The number of hydrogen-bond acceptors (Lipinski definition) is 5. The Morgan fingerprint density at radius 2 is 2.00 bits per heavy atom. The van der Waals surface area contributed by atoms with E-state index < -0.39 is 30.1 Å². The van der Waals surface area contributed by atoms with E-state index in [0.717, 1.165) is 4.90 Å². The molecule has 0 aromatic heterocycles. The maximum absolute atomic E-state index is 11.7. The number of likely N-dealkylation sites (tertiary alicyclic amines) is 1. The molecule has 0 saturated carbocycles. The molecule has 94 valence electrons. The van der Waals surface area contributed by atoms with Crippen LogP contribution in [0, 0.1) is 0 Å². The summed E-state index contributed by atoms with van der Waals surface area (Å²) in [5, 5.41) is 27.6. The summed E-state index contributed by atoms with van der Waals surface area (Å²) < 4.78 is 5.10. The van der Waals surface area contributed by atoms with Crippen LogP contribution in [0.4, 0.5) is 4.79 Å². The SMILES string of the molecule is CC(C)(C)OC(=O)N1C[C@H](O)C[C@@H]1C(O)O. The predicted molar refractivity (Wildman–Crippen MR) is 55.6 cm³/mol. The lowest BCUT2D eigenvalue weighted by molar-refractivity contribution is -0.0916. The minimum Gasteiger partial charge on any atom is -0.444 e. The van der Waals surface area contributed by atoms with Crippen LogP contribution in [0.5, 0.6) is 0 Å². The van der Waals surface area contributed by atoms with E-state index in [1.807, 2.05) is 0 Å². The standard InChI is InChI=1S/C10H19NO5/c1-10(2,3)16-9(15)11-5-6(12)4-7(11)8(13)14/h6-8,12-14H,4-5H2,1-3H3/t6-,7-/m1/s1. The molecular weight excluding hydrogens is 214 g/mol. The minimum atomic E-state index is -1.66. The molecule has 6 heteroatoms. The van der Waals surface area contributed by atoms with Crippen molar-refractivity contribution < 1.29 is 24.9 Å². The first-order valence-electron chi connectivity index (χ1n) is 5.24. The lowest BCUT2D eigenvalue weighted by Crippen LogP contribution is -2.45. The van der Waals surface area contributed by atoms with Crippen LogP contribution in [0.25, 0.3) is 0 Å². The number of amides is 1. The van der Waals surface area contributed by atoms with Gasteiger partial charge in [-0.1, -0.05) is 0 Å². The van der Waals surface area contributed by atoms with E-state index in [1.54, 1.807) is 20.8 Å². The summed E-state index contributed by atoms with van der Waals surface area (Å²) in [4.78, 5) is 12.8. The fraction of sp³-hybridized carbons (Fsp3) is 0.900. The minimum absolute atomic E-state index is 0.0667. The molecule has 1 amide bonds. The molecule has 3 N–H and O–H groups in total. The maximum atomic E-state index is 11.7. The molecule has 1 saturated heterocycles. The van der Waals surface area contributed by atoms with Gasteiger partial charge in [-0.2, -0.15) is 0 Å². The number of carbonyl (C=O) groups is 1. The Bertz CT molecular complexity index is 260. The van der Waals surface area contributed by atoms with Gasteiger partial charge in [-0.3, -0.25) is 4.90 Å². The highest BCUT2D eigenvalue weighted by Crippen LogP contribution is 2.22. The second-order valence-corrected chi connectivity index (χ2v) is 5.00. The van der Waals surface area contributed by atoms with E-state index in [0.29, 0.717) is 0 Å². The molecule has 6 nitrogen and oxygen atoms in total. The average molecular weight is 233 g/mol. The van der Waals surface area contributed by atoms with Crippen LogP contribution in [0.15, 0.2) is 0 Å².